The van der Waals surface area contributed by atoms with Gasteiger partial charge < -0.3 is 5.11 Å². The Hall–Kier alpha value is -1.04. The molecule has 0 aliphatic rings. The van der Waals surface area contributed by atoms with Crippen molar-refractivity contribution in [3.63, 3.8) is 0 Å². The van der Waals surface area contributed by atoms with Crippen LogP contribution in [0, 0.1) is 0 Å². The molecule has 0 spiro atoms. The first-order valence-corrected chi connectivity index (χ1v) is 3.20. The number of aliphatic hydroxyl groups is 1. The van der Waals surface area contributed by atoms with Gasteiger partial charge in [0.05, 0.1) is 0 Å². The fourth-order valence-corrected chi connectivity index (χ4v) is 0.608. The van der Waals surface area contributed by atoms with E-state index in [0.29, 0.717) is 5.43 Å². The number of halogens is 5. The highest BCUT2D eigenvalue weighted by atomic mass is 19.4. The van der Waals surface area contributed by atoms with Crippen LogP contribution in [-0.2, 0) is 4.79 Å². The van der Waals surface area contributed by atoms with E-state index in [0.717, 1.165) is 5.43 Å². The Bertz CT molecular complexity index is 256. The minimum Gasteiger partial charge on any atom is -0.362 e. The number of hydrazine groups is 2. The highest BCUT2D eigenvalue weighted by molar-refractivity contribution is 5.85. The molecule has 1 amide bonds. The summed E-state index contributed by atoms with van der Waals surface area (Å²) in [4.78, 5) is 10.5. The molecule has 1 unspecified atom stereocenters. The van der Waals surface area contributed by atoms with E-state index < -0.39 is 23.7 Å². The van der Waals surface area contributed by atoms with Crippen molar-refractivity contribution in [2.24, 2.45) is 11.7 Å². The maximum absolute atomic E-state index is 12.6. The molecule has 0 bridgehead atoms. The van der Waals surface area contributed by atoms with Crippen molar-refractivity contribution >= 4 is 5.91 Å². The van der Waals surface area contributed by atoms with Gasteiger partial charge in [-0.05, 0) is 0 Å². The van der Waals surface area contributed by atoms with Gasteiger partial charge in [0.25, 0.3) is 11.6 Å². The molecule has 0 aromatic rings. The summed E-state index contributed by atoms with van der Waals surface area (Å²) < 4.78 is 60.5. The molecule has 15 heavy (non-hydrogen) atoms. The standard InChI is InChI=1S/C4H7F5N4O2/c5-3(6,4(7,8)9)2(15,13-11)1(14)12-10/h13,15H,10-11H2,(H,12,14). The summed E-state index contributed by atoms with van der Waals surface area (Å²) in [5.41, 5.74) is -2.78. The molecular weight excluding hydrogens is 231 g/mol. The van der Waals surface area contributed by atoms with Crippen LogP contribution in [0.2, 0.25) is 0 Å². The van der Waals surface area contributed by atoms with Crippen LogP contribution < -0.4 is 22.5 Å². The Kier molecular flexibility index (Phi) is 3.58. The van der Waals surface area contributed by atoms with Gasteiger partial charge in [-0.2, -0.15) is 22.0 Å². The number of hydrogen-bond acceptors (Lipinski definition) is 5. The molecule has 0 fully saturated rings. The zero-order valence-electron chi connectivity index (χ0n) is 6.90. The lowest BCUT2D eigenvalue weighted by Gasteiger charge is -2.33. The van der Waals surface area contributed by atoms with Crippen molar-refractivity contribution < 1.29 is 31.9 Å². The van der Waals surface area contributed by atoms with Crippen LogP contribution in [-0.4, -0.2) is 28.8 Å². The molecule has 7 N–H and O–H groups in total. The first-order valence-electron chi connectivity index (χ1n) is 3.20. The fraction of sp³-hybridized carbons (Fsp3) is 0.750. The Morgan fingerprint density at radius 3 is 1.73 bits per heavy atom. The van der Waals surface area contributed by atoms with Crippen molar-refractivity contribution in [1.82, 2.24) is 10.9 Å². The van der Waals surface area contributed by atoms with Gasteiger partial charge in [0, 0.05) is 0 Å². The lowest BCUT2D eigenvalue weighted by molar-refractivity contribution is -0.339. The molecular formula is C4H7F5N4O2. The van der Waals surface area contributed by atoms with Gasteiger partial charge in [0.1, 0.15) is 0 Å². The molecule has 6 nitrogen and oxygen atoms in total. The normalized spacial score (nSPS) is 17.1. The smallest absolute Gasteiger partial charge is 0.362 e. The lowest BCUT2D eigenvalue weighted by atomic mass is 10.1. The predicted molar refractivity (Wildman–Crippen MR) is 35.6 cm³/mol. The molecule has 0 heterocycles. The SMILES string of the molecule is NNC(=O)C(O)(NN)C(F)(F)C(F)(F)F. The van der Waals surface area contributed by atoms with Gasteiger partial charge in [0.2, 0.25) is 0 Å². The van der Waals surface area contributed by atoms with Crippen LogP contribution >= 0.6 is 0 Å². The summed E-state index contributed by atoms with van der Waals surface area (Å²) in [5.74, 6) is 0.551. The molecule has 1 atom stereocenters. The third-order valence-corrected chi connectivity index (χ3v) is 1.48. The molecule has 0 aliphatic heterocycles. The predicted octanol–water partition coefficient (Wildman–Crippen LogP) is -1.67. The van der Waals surface area contributed by atoms with Gasteiger partial charge in [-0.15, -0.1) is 0 Å². The van der Waals surface area contributed by atoms with Crippen molar-refractivity contribution in [2.45, 2.75) is 17.8 Å². The molecule has 0 radical (unpaired) electrons. The van der Waals surface area contributed by atoms with Crippen LogP contribution in [0.3, 0.4) is 0 Å². The van der Waals surface area contributed by atoms with E-state index in [4.69, 9.17) is 5.11 Å². The molecule has 0 rings (SSSR count). The van der Waals surface area contributed by atoms with E-state index in [9.17, 15) is 26.7 Å². The van der Waals surface area contributed by atoms with E-state index in [1.165, 1.54) is 0 Å². The van der Waals surface area contributed by atoms with Crippen LogP contribution in [0.1, 0.15) is 0 Å². The Balaban J connectivity index is 5.38. The number of nitrogens with two attached hydrogens (primary N) is 2. The molecule has 0 aromatic heterocycles. The second-order valence-electron chi connectivity index (χ2n) is 2.40. The average molecular weight is 238 g/mol. The maximum atomic E-state index is 12.6. The Labute approximate surface area is 79.3 Å². The molecule has 0 aromatic carbocycles. The first kappa shape index (κ1) is 14.0. The quantitative estimate of drug-likeness (QED) is 0.132. The first-order chi connectivity index (χ1) is 6.54. The minimum absolute atomic E-state index is 0.669. The fourth-order valence-electron chi connectivity index (χ4n) is 0.608. The van der Waals surface area contributed by atoms with Gasteiger partial charge >= 0.3 is 12.1 Å². The van der Waals surface area contributed by atoms with Gasteiger partial charge in [-0.25, -0.2) is 11.3 Å². The lowest BCUT2D eigenvalue weighted by Crippen LogP contribution is -2.73. The van der Waals surface area contributed by atoms with Crippen molar-refractivity contribution in [3.8, 4) is 0 Å². The number of amides is 1. The summed E-state index contributed by atoms with van der Waals surface area (Å²) >= 11 is 0. The topological polar surface area (TPSA) is 113 Å². The summed E-state index contributed by atoms with van der Waals surface area (Å²) in [6.07, 6.45) is -6.18. The zero-order valence-corrected chi connectivity index (χ0v) is 6.90. The monoisotopic (exact) mass is 238 g/mol. The third-order valence-electron chi connectivity index (χ3n) is 1.48. The van der Waals surface area contributed by atoms with Crippen LogP contribution in [0.25, 0.3) is 0 Å². The van der Waals surface area contributed by atoms with E-state index in [1.54, 1.807) is 0 Å². The Morgan fingerprint density at radius 1 is 1.13 bits per heavy atom. The molecule has 0 saturated heterocycles. The molecule has 90 valence electrons. The number of carbonyl (C=O) groups is 1. The third kappa shape index (κ3) is 1.99. The number of nitrogens with one attached hydrogen (secondary N) is 2. The molecule has 0 saturated carbocycles. The van der Waals surface area contributed by atoms with E-state index in [-0.39, 0.29) is 0 Å². The summed E-state index contributed by atoms with van der Waals surface area (Å²) in [7, 11) is 0. The largest absolute Gasteiger partial charge is 0.458 e. The maximum Gasteiger partial charge on any atom is 0.458 e. The molecule has 11 heteroatoms. The highest BCUT2D eigenvalue weighted by Crippen LogP contribution is 2.42. The van der Waals surface area contributed by atoms with Crippen molar-refractivity contribution in [2.75, 3.05) is 0 Å². The van der Waals surface area contributed by atoms with Crippen molar-refractivity contribution in [3.05, 3.63) is 0 Å². The van der Waals surface area contributed by atoms with Crippen LogP contribution in [0.4, 0.5) is 22.0 Å². The Morgan fingerprint density at radius 2 is 1.53 bits per heavy atom. The summed E-state index contributed by atoms with van der Waals surface area (Å²) in [6.45, 7) is 0. The zero-order chi connectivity index (χ0) is 12.5. The average Bonchev–Trinajstić information content (AvgIpc) is 2.13. The van der Waals surface area contributed by atoms with Gasteiger partial charge in [-0.3, -0.25) is 16.1 Å². The van der Waals surface area contributed by atoms with Gasteiger partial charge in [0.15, 0.2) is 0 Å². The minimum atomic E-state index is -6.18. The highest BCUT2D eigenvalue weighted by Gasteiger charge is 2.73. The van der Waals surface area contributed by atoms with E-state index in [1.807, 2.05) is 0 Å². The van der Waals surface area contributed by atoms with E-state index in [2.05, 4.69) is 11.7 Å². The number of rotatable bonds is 3. The number of hydrogen-bond donors (Lipinski definition) is 5. The number of alkyl halides is 5. The van der Waals surface area contributed by atoms with Crippen LogP contribution in [0.15, 0.2) is 0 Å². The van der Waals surface area contributed by atoms with Crippen LogP contribution in [0.5, 0.6) is 0 Å². The van der Waals surface area contributed by atoms with Gasteiger partial charge in [-0.1, -0.05) is 0 Å². The molecule has 0 aliphatic carbocycles. The summed E-state index contributed by atoms with van der Waals surface area (Å²) in [5, 5.41) is 8.75. The second-order valence-corrected chi connectivity index (χ2v) is 2.40. The summed E-state index contributed by atoms with van der Waals surface area (Å²) in [6, 6.07) is 0. The number of carbonyl (C=O) groups excluding carboxylic acids is 1. The second kappa shape index (κ2) is 3.84. The van der Waals surface area contributed by atoms with Crippen molar-refractivity contribution in [1.29, 1.82) is 0 Å². The van der Waals surface area contributed by atoms with E-state index >= 15 is 0 Å².